The lowest BCUT2D eigenvalue weighted by Crippen LogP contribution is -2.02. The van der Waals surface area contributed by atoms with Crippen molar-refractivity contribution in [1.29, 1.82) is 0 Å². The zero-order chi connectivity index (χ0) is 9.68. The monoisotopic (exact) mass is 243 g/mol. The maximum atomic E-state index is 5.48. The number of hydrogen-bond acceptors (Lipinski definition) is 4. The molecule has 1 aromatic heterocycles. The van der Waals surface area contributed by atoms with Crippen molar-refractivity contribution >= 4 is 21.7 Å². The van der Waals surface area contributed by atoms with Gasteiger partial charge in [-0.1, -0.05) is 6.08 Å². The summed E-state index contributed by atoms with van der Waals surface area (Å²) < 4.78 is 5.82. The highest BCUT2D eigenvalue weighted by Gasteiger charge is 2.00. The first kappa shape index (κ1) is 9.98. The van der Waals surface area contributed by atoms with E-state index in [0.717, 1.165) is 6.42 Å². The van der Waals surface area contributed by atoms with Gasteiger partial charge in [0.2, 0.25) is 0 Å². The summed E-state index contributed by atoms with van der Waals surface area (Å²) >= 11 is 3.19. The molecule has 1 rings (SSSR count). The van der Waals surface area contributed by atoms with Crippen LogP contribution in [-0.4, -0.2) is 16.6 Å². The zero-order valence-electron chi connectivity index (χ0n) is 7.03. The third-order valence-electron chi connectivity index (χ3n) is 1.25. The molecule has 0 aliphatic carbocycles. The molecule has 0 radical (unpaired) electrons. The van der Waals surface area contributed by atoms with Gasteiger partial charge in [0.15, 0.2) is 0 Å². The number of halogens is 1. The fourth-order valence-electron chi connectivity index (χ4n) is 0.711. The lowest BCUT2D eigenvalue weighted by Gasteiger charge is -2.02. The van der Waals surface area contributed by atoms with Crippen LogP contribution < -0.4 is 10.5 Å². The molecule has 70 valence electrons. The molecule has 0 bridgehead atoms. The third-order valence-corrected chi connectivity index (χ3v) is 1.65. The molecule has 0 atom stereocenters. The van der Waals surface area contributed by atoms with Gasteiger partial charge in [-0.3, -0.25) is 0 Å². The molecule has 0 aromatic carbocycles. The maximum Gasteiger partial charge on any atom is 0.319 e. The van der Waals surface area contributed by atoms with Gasteiger partial charge >= 0.3 is 6.01 Å². The third kappa shape index (κ3) is 3.42. The predicted molar refractivity (Wildman–Crippen MR) is 54.5 cm³/mol. The van der Waals surface area contributed by atoms with E-state index >= 15 is 0 Å². The van der Waals surface area contributed by atoms with E-state index in [9.17, 15) is 0 Å². The highest BCUT2D eigenvalue weighted by atomic mass is 79.9. The number of hydrogen-bond donors (Lipinski definition) is 1. The fraction of sp³-hybridized carbons (Fsp3) is 0.250. The zero-order valence-corrected chi connectivity index (χ0v) is 8.62. The number of nitrogen functional groups attached to an aromatic ring is 1. The second-order valence-electron chi connectivity index (χ2n) is 2.32. The number of ether oxygens (including phenoxy) is 1. The molecule has 0 saturated heterocycles. The topological polar surface area (TPSA) is 61.0 Å². The standard InChI is InChI=1S/C8H10BrN3O/c1-2-3-4-13-8-11-6(9)5-7(10)12-8/h2,5H,1,3-4H2,(H2,10,11,12). The SMILES string of the molecule is C=CCCOc1nc(N)cc(Br)n1. The van der Waals surface area contributed by atoms with Crippen LogP contribution >= 0.6 is 15.9 Å². The Morgan fingerprint density at radius 3 is 3.00 bits per heavy atom. The molecule has 0 saturated carbocycles. The summed E-state index contributed by atoms with van der Waals surface area (Å²) in [6.07, 6.45) is 2.52. The molecule has 0 amide bonds. The predicted octanol–water partition coefficient (Wildman–Crippen LogP) is 1.78. The average Bonchev–Trinajstić information content (AvgIpc) is 2.03. The molecule has 1 aromatic rings. The van der Waals surface area contributed by atoms with E-state index in [1.54, 1.807) is 12.1 Å². The minimum absolute atomic E-state index is 0.286. The molecule has 2 N–H and O–H groups in total. The number of aromatic nitrogens is 2. The summed E-state index contributed by atoms with van der Waals surface area (Å²) in [5.41, 5.74) is 5.48. The Hall–Kier alpha value is -1.10. The first-order valence-electron chi connectivity index (χ1n) is 3.76. The molecule has 0 fully saturated rings. The van der Waals surface area contributed by atoms with Crippen LogP contribution in [0.3, 0.4) is 0 Å². The molecule has 1 heterocycles. The Morgan fingerprint density at radius 1 is 1.62 bits per heavy atom. The van der Waals surface area contributed by atoms with Gasteiger partial charge in [0, 0.05) is 6.07 Å². The minimum atomic E-state index is 0.286. The van der Waals surface area contributed by atoms with E-state index in [2.05, 4.69) is 32.5 Å². The van der Waals surface area contributed by atoms with Crippen molar-refractivity contribution in [2.24, 2.45) is 0 Å². The first-order valence-corrected chi connectivity index (χ1v) is 4.55. The molecule has 0 unspecified atom stereocenters. The van der Waals surface area contributed by atoms with Gasteiger partial charge in [0.1, 0.15) is 10.4 Å². The summed E-state index contributed by atoms with van der Waals surface area (Å²) in [5, 5.41) is 0. The number of nitrogens with two attached hydrogens (primary N) is 1. The van der Waals surface area contributed by atoms with Crippen molar-refractivity contribution in [2.75, 3.05) is 12.3 Å². The van der Waals surface area contributed by atoms with E-state index in [0.29, 0.717) is 17.0 Å². The van der Waals surface area contributed by atoms with Crippen LogP contribution in [0.2, 0.25) is 0 Å². The normalized spacial score (nSPS) is 9.62. The van der Waals surface area contributed by atoms with Crippen LogP contribution in [0.1, 0.15) is 6.42 Å². The Labute approximate surface area is 85.0 Å². The van der Waals surface area contributed by atoms with Gasteiger partial charge in [0.05, 0.1) is 6.61 Å². The smallest absolute Gasteiger partial charge is 0.319 e. The van der Waals surface area contributed by atoms with Gasteiger partial charge in [0.25, 0.3) is 0 Å². The molecule has 0 aliphatic heterocycles. The Morgan fingerprint density at radius 2 is 2.38 bits per heavy atom. The Bertz CT molecular complexity index is 283. The Kier molecular flexibility index (Phi) is 3.70. The van der Waals surface area contributed by atoms with Crippen molar-refractivity contribution in [3.05, 3.63) is 23.3 Å². The quantitative estimate of drug-likeness (QED) is 0.498. The van der Waals surface area contributed by atoms with Crippen molar-refractivity contribution in [3.8, 4) is 6.01 Å². The van der Waals surface area contributed by atoms with E-state index in [-0.39, 0.29) is 6.01 Å². The first-order chi connectivity index (χ1) is 6.22. The average molecular weight is 244 g/mol. The van der Waals surface area contributed by atoms with Crippen molar-refractivity contribution in [3.63, 3.8) is 0 Å². The molecule has 0 aliphatic rings. The summed E-state index contributed by atoms with van der Waals surface area (Å²) in [4.78, 5) is 7.86. The summed E-state index contributed by atoms with van der Waals surface area (Å²) in [6.45, 7) is 4.09. The summed E-state index contributed by atoms with van der Waals surface area (Å²) in [7, 11) is 0. The van der Waals surface area contributed by atoms with Crippen LogP contribution in [-0.2, 0) is 0 Å². The van der Waals surface area contributed by atoms with Crippen LogP contribution in [0, 0.1) is 0 Å². The lowest BCUT2D eigenvalue weighted by atomic mass is 10.5. The number of anilines is 1. The molecule has 0 spiro atoms. The minimum Gasteiger partial charge on any atom is -0.463 e. The van der Waals surface area contributed by atoms with Crippen LogP contribution in [0.15, 0.2) is 23.3 Å². The van der Waals surface area contributed by atoms with Gasteiger partial charge in [-0.25, -0.2) is 0 Å². The molecular weight excluding hydrogens is 234 g/mol. The molecule has 4 nitrogen and oxygen atoms in total. The fourth-order valence-corrected chi connectivity index (χ4v) is 1.10. The number of nitrogens with zero attached hydrogens (tertiary/aromatic N) is 2. The van der Waals surface area contributed by atoms with Crippen molar-refractivity contribution in [2.45, 2.75) is 6.42 Å². The largest absolute Gasteiger partial charge is 0.463 e. The van der Waals surface area contributed by atoms with E-state index in [1.165, 1.54) is 0 Å². The lowest BCUT2D eigenvalue weighted by molar-refractivity contribution is 0.299. The summed E-state index contributed by atoms with van der Waals surface area (Å²) in [5.74, 6) is 0.385. The molecule has 13 heavy (non-hydrogen) atoms. The second-order valence-corrected chi connectivity index (χ2v) is 3.14. The highest BCUT2D eigenvalue weighted by Crippen LogP contribution is 2.13. The maximum absolute atomic E-state index is 5.48. The Balaban J connectivity index is 2.60. The van der Waals surface area contributed by atoms with E-state index in [4.69, 9.17) is 10.5 Å². The van der Waals surface area contributed by atoms with Gasteiger partial charge in [-0.2, -0.15) is 9.97 Å². The van der Waals surface area contributed by atoms with Crippen molar-refractivity contribution in [1.82, 2.24) is 9.97 Å². The van der Waals surface area contributed by atoms with Gasteiger partial charge < -0.3 is 10.5 Å². The molecular formula is C8H10BrN3O. The molecule has 5 heteroatoms. The van der Waals surface area contributed by atoms with Crippen LogP contribution in [0.25, 0.3) is 0 Å². The number of rotatable bonds is 4. The summed E-state index contributed by atoms with van der Waals surface area (Å²) in [6, 6.07) is 1.90. The highest BCUT2D eigenvalue weighted by molar-refractivity contribution is 9.10. The van der Waals surface area contributed by atoms with Gasteiger partial charge in [-0.15, -0.1) is 6.58 Å². The van der Waals surface area contributed by atoms with Gasteiger partial charge in [-0.05, 0) is 22.4 Å². The van der Waals surface area contributed by atoms with E-state index in [1.807, 2.05) is 0 Å². The van der Waals surface area contributed by atoms with Crippen LogP contribution in [0.5, 0.6) is 6.01 Å². The van der Waals surface area contributed by atoms with Crippen LogP contribution in [0.4, 0.5) is 5.82 Å². The second kappa shape index (κ2) is 4.81. The van der Waals surface area contributed by atoms with Crippen molar-refractivity contribution < 1.29 is 4.74 Å². The van der Waals surface area contributed by atoms with E-state index < -0.39 is 0 Å².